The molecular formula is C43H59ClN2O4. The van der Waals surface area contributed by atoms with Crippen molar-refractivity contribution in [1.82, 2.24) is 10.6 Å². The topological polar surface area (TPSA) is 76.7 Å². The summed E-state index contributed by atoms with van der Waals surface area (Å²) >= 11 is 6.43. The van der Waals surface area contributed by atoms with Crippen LogP contribution in [0, 0.1) is 11.8 Å². The van der Waals surface area contributed by atoms with Crippen LogP contribution in [0.4, 0.5) is 0 Å². The Bertz CT molecular complexity index is 1450. The number of ether oxygens (including phenoxy) is 2. The fourth-order valence-electron chi connectivity index (χ4n) is 6.27. The van der Waals surface area contributed by atoms with Crippen LogP contribution in [0.1, 0.15) is 95.8 Å². The number of carbonyl (C=O) groups is 2. The Morgan fingerprint density at radius 2 is 1.50 bits per heavy atom. The van der Waals surface area contributed by atoms with Gasteiger partial charge < -0.3 is 20.1 Å². The molecule has 0 aliphatic rings. The third-order valence-corrected chi connectivity index (χ3v) is 9.48. The minimum Gasteiger partial charge on any atom is -0.495 e. The number of nitrogens with one attached hydrogen (secondary N) is 2. The second kappa shape index (κ2) is 22.3. The van der Waals surface area contributed by atoms with E-state index >= 15 is 0 Å². The van der Waals surface area contributed by atoms with Crippen molar-refractivity contribution in [2.75, 3.05) is 13.7 Å². The molecule has 6 nitrogen and oxygen atoms in total. The molecule has 0 aromatic heterocycles. The van der Waals surface area contributed by atoms with Gasteiger partial charge in [0.15, 0.2) is 0 Å². The molecule has 50 heavy (non-hydrogen) atoms. The molecule has 272 valence electrons. The largest absolute Gasteiger partial charge is 0.495 e. The molecule has 3 rings (SSSR count). The molecular weight excluding hydrogens is 644 g/mol. The Morgan fingerprint density at radius 3 is 2.16 bits per heavy atom. The fourth-order valence-corrected chi connectivity index (χ4v) is 6.55. The van der Waals surface area contributed by atoms with Gasteiger partial charge in [0.05, 0.1) is 18.2 Å². The fraction of sp³-hybridized carbons (Fsp3) is 0.488. The van der Waals surface area contributed by atoms with Crippen molar-refractivity contribution >= 4 is 23.4 Å². The highest BCUT2D eigenvalue weighted by Crippen LogP contribution is 2.26. The van der Waals surface area contributed by atoms with Crippen LogP contribution in [0.3, 0.4) is 0 Å². The molecule has 0 heterocycles. The van der Waals surface area contributed by atoms with Crippen LogP contribution < -0.4 is 15.4 Å². The molecule has 0 aliphatic carbocycles. The smallest absolute Gasteiger partial charge is 0.244 e. The maximum Gasteiger partial charge on any atom is 0.244 e. The summed E-state index contributed by atoms with van der Waals surface area (Å²) in [6, 6.07) is 25.2. The van der Waals surface area contributed by atoms with Crippen molar-refractivity contribution in [1.29, 1.82) is 0 Å². The quantitative estimate of drug-likeness (QED) is 0.102. The Balaban J connectivity index is 1.64. The summed E-state index contributed by atoms with van der Waals surface area (Å²) in [5.74, 6) is 1.65. The number of hydrogen-bond donors (Lipinski definition) is 2. The van der Waals surface area contributed by atoms with Crippen molar-refractivity contribution in [3.05, 3.63) is 113 Å². The zero-order valence-electron chi connectivity index (χ0n) is 31.0. The minimum absolute atomic E-state index is 0.141. The van der Waals surface area contributed by atoms with Crippen molar-refractivity contribution < 1.29 is 19.1 Å². The van der Waals surface area contributed by atoms with Crippen molar-refractivity contribution in [3.8, 4) is 5.75 Å². The lowest BCUT2D eigenvalue weighted by Crippen LogP contribution is -2.51. The lowest BCUT2D eigenvalue weighted by Gasteiger charge is -2.25. The lowest BCUT2D eigenvalue weighted by atomic mass is 9.90. The Kier molecular flexibility index (Phi) is 18.2. The van der Waals surface area contributed by atoms with E-state index in [1.54, 1.807) is 25.3 Å². The number of allylic oxidation sites excluding steroid dienone is 1. The van der Waals surface area contributed by atoms with E-state index in [4.69, 9.17) is 21.1 Å². The zero-order chi connectivity index (χ0) is 36.3. The van der Waals surface area contributed by atoms with Crippen LogP contribution in [-0.4, -0.2) is 43.7 Å². The molecule has 0 radical (unpaired) electrons. The van der Waals surface area contributed by atoms with Crippen molar-refractivity contribution in [2.45, 2.75) is 110 Å². The predicted molar refractivity (Wildman–Crippen MR) is 207 cm³/mol. The van der Waals surface area contributed by atoms with Crippen LogP contribution in [0.2, 0.25) is 5.02 Å². The summed E-state index contributed by atoms with van der Waals surface area (Å²) < 4.78 is 11.4. The molecule has 5 unspecified atom stereocenters. The van der Waals surface area contributed by atoms with E-state index in [-0.39, 0.29) is 30.4 Å². The summed E-state index contributed by atoms with van der Waals surface area (Å²) in [5, 5.41) is 6.68. The van der Waals surface area contributed by atoms with Gasteiger partial charge in [-0.2, -0.15) is 0 Å². The Morgan fingerprint density at radius 1 is 0.800 bits per heavy atom. The first-order chi connectivity index (χ1) is 24.0. The van der Waals surface area contributed by atoms with E-state index < -0.39 is 6.04 Å². The molecule has 5 atom stereocenters. The number of benzene rings is 3. The van der Waals surface area contributed by atoms with Gasteiger partial charge >= 0.3 is 0 Å². The van der Waals surface area contributed by atoms with Crippen molar-refractivity contribution in [2.24, 2.45) is 11.8 Å². The van der Waals surface area contributed by atoms with Gasteiger partial charge in [0.2, 0.25) is 11.8 Å². The highest BCUT2D eigenvalue weighted by atomic mass is 35.5. The molecule has 3 aromatic carbocycles. The average molecular weight is 703 g/mol. The Labute approximate surface area is 306 Å². The third kappa shape index (κ3) is 15.5. The standard InChI is InChI=1S/C43H59ClN2O4/c1-31(2)27-34(5)50-26-25-38(28-35-16-9-7-10-17-35)45-43(48)40(30-36-23-24-41(49-6)39(44)29-36)46-42(47)20-14-13-15-32(3)21-22-33(4)37-18-11-8-12-19-37/h7-12,14,16-20,23-24,29,31-34,38,40H,13,15,21-22,25-28,30H2,1-6H3,(H,45,48)(H,46,47)/b20-14+. The van der Waals surface area contributed by atoms with Gasteiger partial charge in [-0.3, -0.25) is 9.59 Å². The molecule has 0 spiro atoms. The molecule has 0 saturated carbocycles. The van der Waals surface area contributed by atoms with Gasteiger partial charge in [-0.25, -0.2) is 0 Å². The van der Waals surface area contributed by atoms with E-state index in [9.17, 15) is 9.59 Å². The molecule has 0 bridgehead atoms. The Hall–Kier alpha value is -3.61. The maximum atomic E-state index is 13.9. The van der Waals surface area contributed by atoms with E-state index in [1.165, 1.54) is 5.56 Å². The second-order valence-corrected chi connectivity index (χ2v) is 14.6. The van der Waals surface area contributed by atoms with Gasteiger partial charge in [0, 0.05) is 19.1 Å². The number of amides is 2. The third-order valence-electron chi connectivity index (χ3n) is 9.19. The highest BCUT2D eigenvalue weighted by molar-refractivity contribution is 6.32. The first-order valence-electron chi connectivity index (χ1n) is 18.3. The van der Waals surface area contributed by atoms with Crippen LogP contribution in [0.5, 0.6) is 5.75 Å². The second-order valence-electron chi connectivity index (χ2n) is 14.2. The van der Waals surface area contributed by atoms with E-state index in [0.29, 0.717) is 48.0 Å². The number of rotatable bonds is 22. The van der Waals surface area contributed by atoms with Gasteiger partial charge in [0.25, 0.3) is 0 Å². The van der Waals surface area contributed by atoms with Crippen LogP contribution in [-0.2, 0) is 27.2 Å². The molecule has 7 heteroatoms. The number of hydrogen-bond acceptors (Lipinski definition) is 4. The molecule has 0 aliphatic heterocycles. The summed E-state index contributed by atoms with van der Waals surface area (Å²) in [6.07, 6.45) is 10.3. The van der Waals surface area contributed by atoms with Crippen LogP contribution in [0.15, 0.2) is 91.0 Å². The van der Waals surface area contributed by atoms with Gasteiger partial charge in [0.1, 0.15) is 11.8 Å². The monoisotopic (exact) mass is 702 g/mol. The van der Waals surface area contributed by atoms with E-state index in [2.05, 4.69) is 87.7 Å². The number of carbonyl (C=O) groups excluding carboxylic acids is 2. The first kappa shape index (κ1) is 40.8. The predicted octanol–water partition coefficient (Wildman–Crippen LogP) is 9.50. The van der Waals surface area contributed by atoms with Gasteiger partial charge in [-0.1, -0.05) is 119 Å². The average Bonchev–Trinajstić information content (AvgIpc) is 3.09. The van der Waals surface area contributed by atoms with Crippen LogP contribution in [0.25, 0.3) is 0 Å². The van der Waals surface area contributed by atoms with Crippen LogP contribution >= 0.6 is 11.6 Å². The SMILES string of the molecule is COc1ccc(CC(NC(=O)/C=C/CCC(C)CCC(C)c2ccccc2)C(=O)NC(CCOC(C)CC(C)C)Cc2ccccc2)cc1Cl. The summed E-state index contributed by atoms with van der Waals surface area (Å²) in [5.41, 5.74) is 3.33. The molecule has 2 amide bonds. The number of methoxy groups -OCH3 is 1. The normalized spacial score (nSPS) is 14.6. The van der Waals surface area contributed by atoms with E-state index in [0.717, 1.165) is 43.2 Å². The first-order valence-corrected chi connectivity index (χ1v) is 18.7. The molecule has 0 saturated heterocycles. The minimum atomic E-state index is -0.797. The van der Waals surface area contributed by atoms with Gasteiger partial charge in [-0.15, -0.1) is 0 Å². The molecule has 3 aromatic rings. The van der Waals surface area contributed by atoms with Crippen molar-refractivity contribution in [3.63, 3.8) is 0 Å². The summed E-state index contributed by atoms with van der Waals surface area (Å²) in [7, 11) is 1.57. The molecule has 2 N–H and O–H groups in total. The number of halogens is 1. The summed E-state index contributed by atoms with van der Waals surface area (Å²) in [6.45, 7) is 11.6. The highest BCUT2D eigenvalue weighted by Gasteiger charge is 2.24. The van der Waals surface area contributed by atoms with Gasteiger partial charge in [-0.05, 0) is 98.1 Å². The summed E-state index contributed by atoms with van der Waals surface area (Å²) in [4.78, 5) is 27.1. The van der Waals surface area contributed by atoms with E-state index in [1.807, 2.05) is 30.3 Å². The maximum absolute atomic E-state index is 13.9. The zero-order valence-corrected chi connectivity index (χ0v) is 31.8. The lowest BCUT2D eigenvalue weighted by molar-refractivity contribution is -0.127. The molecule has 0 fully saturated rings.